The van der Waals surface area contributed by atoms with Crippen molar-refractivity contribution < 1.29 is 9.59 Å². The number of carbonyl (C=O) groups excluding carboxylic acids is 2. The van der Waals surface area contributed by atoms with Crippen molar-refractivity contribution in [3.63, 3.8) is 0 Å². The standard InChI is InChI=1S/C17H17NO2/c1-13(19)11-15-7-9-16(10-8-15)18-17(20)12-14-5-3-2-4-6-14/h2-10H,11-12H2,1H3,(H,18,20). The number of anilines is 1. The Hall–Kier alpha value is -2.42. The van der Waals surface area contributed by atoms with Crippen LogP contribution in [0.2, 0.25) is 0 Å². The quantitative estimate of drug-likeness (QED) is 0.905. The second-order valence-corrected chi connectivity index (χ2v) is 4.79. The molecule has 0 aromatic heterocycles. The summed E-state index contributed by atoms with van der Waals surface area (Å²) < 4.78 is 0. The van der Waals surface area contributed by atoms with Crippen LogP contribution in [0.1, 0.15) is 18.1 Å². The largest absolute Gasteiger partial charge is 0.326 e. The maximum absolute atomic E-state index is 11.9. The van der Waals surface area contributed by atoms with Crippen LogP contribution in [-0.2, 0) is 22.4 Å². The summed E-state index contributed by atoms with van der Waals surface area (Å²) in [5, 5.41) is 2.85. The second-order valence-electron chi connectivity index (χ2n) is 4.79. The van der Waals surface area contributed by atoms with Crippen LogP contribution in [0, 0.1) is 0 Å². The van der Waals surface area contributed by atoms with E-state index < -0.39 is 0 Å². The number of hydrogen-bond acceptors (Lipinski definition) is 2. The molecular weight excluding hydrogens is 250 g/mol. The molecule has 2 aromatic rings. The highest BCUT2D eigenvalue weighted by Crippen LogP contribution is 2.11. The van der Waals surface area contributed by atoms with Crippen molar-refractivity contribution in [3.8, 4) is 0 Å². The van der Waals surface area contributed by atoms with E-state index in [1.165, 1.54) is 0 Å². The number of nitrogens with one attached hydrogen (secondary N) is 1. The summed E-state index contributed by atoms with van der Waals surface area (Å²) in [5.41, 5.74) is 2.69. The lowest BCUT2D eigenvalue weighted by molar-refractivity contribution is -0.116. The first-order valence-corrected chi connectivity index (χ1v) is 6.55. The first kappa shape index (κ1) is 14.0. The molecule has 0 aliphatic rings. The highest BCUT2D eigenvalue weighted by molar-refractivity contribution is 5.92. The Labute approximate surface area is 118 Å². The van der Waals surface area contributed by atoms with E-state index in [2.05, 4.69) is 5.32 Å². The van der Waals surface area contributed by atoms with Crippen molar-refractivity contribution in [3.05, 3.63) is 65.7 Å². The van der Waals surface area contributed by atoms with E-state index in [0.29, 0.717) is 12.8 Å². The number of ketones is 1. The normalized spacial score (nSPS) is 10.1. The monoisotopic (exact) mass is 267 g/mol. The van der Waals surface area contributed by atoms with Crippen LogP contribution in [0.25, 0.3) is 0 Å². The third-order valence-corrected chi connectivity index (χ3v) is 2.90. The van der Waals surface area contributed by atoms with Crippen molar-refractivity contribution >= 4 is 17.4 Å². The van der Waals surface area contributed by atoms with Gasteiger partial charge in [-0.3, -0.25) is 9.59 Å². The lowest BCUT2D eigenvalue weighted by Gasteiger charge is -2.06. The zero-order valence-corrected chi connectivity index (χ0v) is 11.4. The van der Waals surface area contributed by atoms with Crippen molar-refractivity contribution in [1.29, 1.82) is 0 Å². The van der Waals surface area contributed by atoms with Gasteiger partial charge in [0.15, 0.2) is 0 Å². The van der Waals surface area contributed by atoms with Gasteiger partial charge in [-0.2, -0.15) is 0 Å². The van der Waals surface area contributed by atoms with E-state index in [0.717, 1.165) is 16.8 Å². The Bertz CT molecular complexity index is 588. The van der Waals surface area contributed by atoms with Crippen molar-refractivity contribution in [2.75, 3.05) is 5.32 Å². The Morgan fingerprint density at radius 3 is 2.05 bits per heavy atom. The van der Waals surface area contributed by atoms with Crippen LogP contribution in [0.5, 0.6) is 0 Å². The molecule has 2 rings (SSSR count). The minimum atomic E-state index is -0.0458. The van der Waals surface area contributed by atoms with Crippen molar-refractivity contribution in [2.45, 2.75) is 19.8 Å². The average molecular weight is 267 g/mol. The number of amides is 1. The minimum absolute atomic E-state index is 0.0458. The molecule has 20 heavy (non-hydrogen) atoms. The molecule has 102 valence electrons. The summed E-state index contributed by atoms with van der Waals surface area (Å²) in [5.74, 6) is 0.0846. The van der Waals surface area contributed by atoms with E-state index >= 15 is 0 Å². The summed E-state index contributed by atoms with van der Waals surface area (Å²) in [7, 11) is 0. The Morgan fingerprint density at radius 1 is 0.850 bits per heavy atom. The first-order chi connectivity index (χ1) is 9.63. The smallest absolute Gasteiger partial charge is 0.228 e. The van der Waals surface area contributed by atoms with E-state index in [-0.39, 0.29) is 11.7 Å². The van der Waals surface area contributed by atoms with Gasteiger partial charge in [-0.1, -0.05) is 42.5 Å². The molecular formula is C17H17NO2. The van der Waals surface area contributed by atoms with Gasteiger partial charge in [0, 0.05) is 12.1 Å². The van der Waals surface area contributed by atoms with Gasteiger partial charge >= 0.3 is 0 Å². The Balaban J connectivity index is 1.93. The predicted molar refractivity (Wildman–Crippen MR) is 79.6 cm³/mol. The molecule has 1 amide bonds. The highest BCUT2D eigenvalue weighted by Gasteiger charge is 2.04. The molecule has 0 saturated carbocycles. The third kappa shape index (κ3) is 4.35. The third-order valence-electron chi connectivity index (χ3n) is 2.90. The van der Waals surface area contributed by atoms with Crippen LogP contribution in [0.4, 0.5) is 5.69 Å². The van der Waals surface area contributed by atoms with Crippen molar-refractivity contribution in [2.24, 2.45) is 0 Å². The van der Waals surface area contributed by atoms with E-state index in [1.807, 2.05) is 54.6 Å². The van der Waals surface area contributed by atoms with Gasteiger partial charge in [-0.05, 0) is 30.2 Å². The summed E-state index contributed by atoms with van der Waals surface area (Å²) >= 11 is 0. The second kappa shape index (κ2) is 6.66. The lowest BCUT2D eigenvalue weighted by atomic mass is 10.1. The molecule has 0 saturated heterocycles. The number of benzene rings is 2. The average Bonchev–Trinajstić information content (AvgIpc) is 2.41. The molecule has 0 atom stereocenters. The molecule has 0 heterocycles. The van der Waals surface area contributed by atoms with Crippen LogP contribution < -0.4 is 5.32 Å². The fourth-order valence-corrected chi connectivity index (χ4v) is 1.98. The molecule has 3 nitrogen and oxygen atoms in total. The SMILES string of the molecule is CC(=O)Cc1ccc(NC(=O)Cc2ccccc2)cc1. The Kier molecular flexibility index (Phi) is 4.66. The van der Waals surface area contributed by atoms with Crippen LogP contribution in [0.15, 0.2) is 54.6 Å². The molecule has 0 spiro atoms. The molecule has 0 unspecified atom stereocenters. The number of rotatable bonds is 5. The molecule has 3 heteroatoms. The molecule has 0 aliphatic carbocycles. The van der Waals surface area contributed by atoms with Crippen LogP contribution in [0.3, 0.4) is 0 Å². The molecule has 0 radical (unpaired) electrons. The van der Waals surface area contributed by atoms with Crippen LogP contribution >= 0.6 is 0 Å². The summed E-state index contributed by atoms with van der Waals surface area (Å²) in [6, 6.07) is 17.0. The first-order valence-electron chi connectivity index (χ1n) is 6.55. The number of carbonyl (C=O) groups is 2. The highest BCUT2D eigenvalue weighted by atomic mass is 16.1. The van der Waals surface area contributed by atoms with E-state index in [9.17, 15) is 9.59 Å². The van der Waals surface area contributed by atoms with Gasteiger partial charge in [0.25, 0.3) is 0 Å². The zero-order chi connectivity index (χ0) is 14.4. The number of hydrogen-bond donors (Lipinski definition) is 1. The summed E-state index contributed by atoms with van der Waals surface area (Å²) in [4.78, 5) is 22.9. The van der Waals surface area contributed by atoms with Gasteiger partial charge in [0.1, 0.15) is 5.78 Å². The fraction of sp³-hybridized carbons (Fsp3) is 0.176. The fourth-order valence-electron chi connectivity index (χ4n) is 1.98. The summed E-state index contributed by atoms with van der Waals surface area (Å²) in [6.45, 7) is 1.57. The number of Topliss-reactive ketones (excluding diaryl/α,β-unsaturated/α-hetero) is 1. The topological polar surface area (TPSA) is 46.2 Å². The lowest BCUT2D eigenvalue weighted by Crippen LogP contribution is -2.14. The summed E-state index contributed by atoms with van der Waals surface area (Å²) in [6.07, 6.45) is 0.786. The van der Waals surface area contributed by atoms with Gasteiger partial charge in [0.2, 0.25) is 5.91 Å². The molecule has 0 bridgehead atoms. The predicted octanol–water partition coefficient (Wildman–Crippen LogP) is 3.00. The van der Waals surface area contributed by atoms with Gasteiger partial charge in [-0.25, -0.2) is 0 Å². The van der Waals surface area contributed by atoms with Gasteiger partial charge in [-0.15, -0.1) is 0 Å². The van der Waals surface area contributed by atoms with E-state index in [1.54, 1.807) is 6.92 Å². The minimum Gasteiger partial charge on any atom is -0.326 e. The molecule has 0 fully saturated rings. The maximum atomic E-state index is 11.9. The Morgan fingerprint density at radius 2 is 1.45 bits per heavy atom. The molecule has 2 aromatic carbocycles. The van der Waals surface area contributed by atoms with Gasteiger partial charge in [0.05, 0.1) is 6.42 Å². The molecule has 1 N–H and O–H groups in total. The van der Waals surface area contributed by atoms with E-state index in [4.69, 9.17) is 0 Å². The zero-order valence-electron chi connectivity index (χ0n) is 11.4. The van der Waals surface area contributed by atoms with Gasteiger partial charge < -0.3 is 5.32 Å². The molecule has 0 aliphatic heterocycles. The van der Waals surface area contributed by atoms with Crippen molar-refractivity contribution in [1.82, 2.24) is 0 Å². The maximum Gasteiger partial charge on any atom is 0.228 e. The van der Waals surface area contributed by atoms with Crippen LogP contribution in [-0.4, -0.2) is 11.7 Å².